The zero-order chi connectivity index (χ0) is 30.0. The number of azide groups is 1. The number of carbonyl (C=O) groups is 1. The molecule has 4 rings (SSSR count). The van der Waals surface area contributed by atoms with E-state index in [0.29, 0.717) is 48.0 Å². The highest BCUT2D eigenvalue weighted by atomic mass is 79.9. The number of nitrogens with zero attached hydrogens (tertiary/aromatic N) is 5. The van der Waals surface area contributed by atoms with Crippen molar-refractivity contribution in [3.63, 3.8) is 0 Å². The zero-order valence-electron chi connectivity index (χ0n) is 23.7. The first-order valence-corrected chi connectivity index (χ1v) is 14.6. The van der Waals surface area contributed by atoms with Crippen molar-refractivity contribution < 1.29 is 19.4 Å². The summed E-state index contributed by atoms with van der Waals surface area (Å²) >= 11 is 3.49. The Kier molecular flexibility index (Phi) is 11.0. The molecular weight excluding hydrogens is 600 g/mol. The Morgan fingerprint density at radius 2 is 1.88 bits per heavy atom. The first kappa shape index (κ1) is 31.1. The van der Waals surface area contributed by atoms with Gasteiger partial charge >= 0.3 is 0 Å². The summed E-state index contributed by atoms with van der Waals surface area (Å²) < 4.78 is 13.2. The van der Waals surface area contributed by atoms with Crippen LogP contribution in [0.1, 0.15) is 35.6 Å². The van der Waals surface area contributed by atoms with Crippen LogP contribution in [-0.4, -0.2) is 67.7 Å². The number of benzene rings is 3. The number of aliphatic hydroxyl groups is 1. The van der Waals surface area contributed by atoms with E-state index < -0.39 is 11.6 Å². The SMILES string of the molecule is CN(C)CCCNC(=O)[C@]1(Cc2ccc(Br)cc2)N=C(c2ccc(OCCCO)cc2)O[C@@H]1c1ccccc1N=[N+]=[N-]. The van der Waals surface area contributed by atoms with Crippen LogP contribution in [-0.2, 0) is 16.0 Å². The van der Waals surface area contributed by atoms with Gasteiger partial charge in [0, 0.05) is 52.2 Å². The molecule has 3 aromatic rings. The van der Waals surface area contributed by atoms with Gasteiger partial charge in [0.2, 0.25) is 5.90 Å². The van der Waals surface area contributed by atoms with Crippen molar-refractivity contribution in [2.75, 3.05) is 40.4 Å². The van der Waals surface area contributed by atoms with E-state index in [1.165, 1.54) is 0 Å². The molecule has 0 saturated carbocycles. The van der Waals surface area contributed by atoms with Gasteiger partial charge in [0.1, 0.15) is 5.75 Å². The number of carbonyl (C=O) groups excluding carboxylic acids is 1. The fraction of sp³-hybridized carbons (Fsp3) is 0.355. The van der Waals surface area contributed by atoms with Crippen LogP contribution < -0.4 is 10.1 Å². The molecule has 220 valence electrons. The van der Waals surface area contributed by atoms with Crippen molar-refractivity contribution in [1.82, 2.24) is 10.2 Å². The first-order chi connectivity index (χ1) is 20.4. The summed E-state index contributed by atoms with van der Waals surface area (Å²) in [5, 5.41) is 16.0. The molecule has 0 aromatic heterocycles. The fourth-order valence-electron chi connectivity index (χ4n) is 4.77. The van der Waals surface area contributed by atoms with Gasteiger partial charge in [-0.3, -0.25) is 4.79 Å². The van der Waals surface area contributed by atoms with Gasteiger partial charge in [0.15, 0.2) is 11.6 Å². The second-order valence-corrected chi connectivity index (χ2v) is 11.2. The summed E-state index contributed by atoms with van der Waals surface area (Å²) in [7, 11) is 3.98. The molecule has 11 heteroatoms. The van der Waals surface area contributed by atoms with E-state index in [1.807, 2.05) is 56.6 Å². The Balaban J connectivity index is 1.79. The third-order valence-electron chi connectivity index (χ3n) is 6.86. The summed E-state index contributed by atoms with van der Waals surface area (Å²) in [5.74, 6) is 0.679. The lowest BCUT2D eigenvalue weighted by atomic mass is 9.81. The molecule has 0 spiro atoms. The number of ether oxygens (including phenoxy) is 2. The van der Waals surface area contributed by atoms with E-state index in [9.17, 15) is 10.3 Å². The molecule has 0 aliphatic carbocycles. The van der Waals surface area contributed by atoms with Crippen LogP contribution >= 0.6 is 15.9 Å². The van der Waals surface area contributed by atoms with Crippen LogP contribution in [0.2, 0.25) is 0 Å². The largest absolute Gasteiger partial charge is 0.494 e. The second-order valence-electron chi connectivity index (χ2n) is 10.3. The molecule has 1 aliphatic heterocycles. The monoisotopic (exact) mass is 634 g/mol. The van der Waals surface area contributed by atoms with Crippen LogP contribution in [0.25, 0.3) is 10.4 Å². The smallest absolute Gasteiger partial charge is 0.252 e. The first-order valence-electron chi connectivity index (χ1n) is 13.8. The molecule has 1 aliphatic rings. The second kappa shape index (κ2) is 14.8. The Morgan fingerprint density at radius 3 is 2.57 bits per heavy atom. The summed E-state index contributed by atoms with van der Waals surface area (Å²) in [6, 6.07) is 22.1. The Hall–Kier alpha value is -3.89. The third kappa shape index (κ3) is 7.68. The lowest BCUT2D eigenvalue weighted by Crippen LogP contribution is -2.50. The number of amides is 1. The minimum Gasteiger partial charge on any atom is -0.494 e. The third-order valence-corrected chi connectivity index (χ3v) is 7.38. The maximum atomic E-state index is 14.2. The van der Waals surface area contributed by atoms with E-state index in [-0.39, 0.29) is 18.9 Å². The van der Waals surface area contributed by atoms with Gasteiger partial charge in [-0.05, 0) is 74.6 Å². The highest BCUT2D eigenvalue weighted by Crippen LogP contribution is 2.45. The quantitative estimate of drug-likeness (QED) is 0.101. The number of aliphatic hydroxyl groups excluding tert-OH is 1. The molecule has 2 N–H and O–H groups in total. The van der Waals surface area contributed by atoms with E-state index in [4.69, 9.17) is 19.6 Å². The van der Waals surface area contributed by atoms with Crippen LogP contribution in [0.3, 0.4) is 0 Å². The summed E-state index contributed by atoms with van der Waals surface area (Å²) in [6.07, 6.45) is 0.682. The average molecular weight is 636 g/mol. The molecule has 1 amide bonds. The van der Waals surface area contributed by atoms with Crippen molar-refractivity contribution in [2.24, 2.45) is 10.1 Å². The molecular formula is C31H35BrN6O4. The highest BCUT2D eigenvalue weighted by Gasteiger charge is 2.53. The topological polar surface area (TPSA) is 132 Å². The maximum Gasteiger partial charge on any atom is 0.252 e. The Bertz CT molecular complexity index is 1420. The van der Waals surface area contributed by atoms with Crippen LogP contribution in [0.5, 0.6) is 5.75 Å². The summed E-state index contributed by atoms with van der Waals surface area (Å²) in [5.41, 5.74) is 10.4. The number of nitrogens with one attached hydrogen (secondary N) is 1. The minimum atomic E-state index is -1.39. The van der Waals surface area contributed by atoms with Gasteiger partial charge < -0.3 is 24.8 Å². The summed E-state index contributed by atoms with van der Waals surface area (Å²) in [4.78, 5) is 24.4. The fourth-order valence-corrected chi connectivity index (χ4v) is 5.04. The van der Waals surface area contributed by atoms with Crippen molar-refractivity contribution in [2.45, 2.75) is 30.9 Å². The van der Waals surface area contributed by atoms with Gasteiger partial charge in [0.05, 0.1) is 6.61 Å². The Labute approximate surface area is 254 Å². The maximum absolute atomic E-state index is 14.2. The molecule has 0 radical (unpaired) electrons. The van der Waals surface area contributed by atoms with E-state index in [2.05, 4.69) is 36.2 Å². The molecule has 0 fully saturated rings. The Morgan fingerprint density at radius 1 is 1.14 bits per heavy atom. The van der Waals surface area contributed by atoms with Crippen molar-refractivity contribution >= 4 is 33.4 Å². The average Bonchev–Trinajstić information content (AvgIpc) is 3.37. The molecule has 3 aromatic carbocycles. The van der Waals surface area contributed by atoms with Gasteiger partial charge in [-0.1, -0.05) is 57.4 Å². The van der Waals surface area contributed by atoms with Crippen molar-refractivity contribution in [3.8, 4) is 5.75 Å². The zero-order valence-corrected chi connectivity index (χ0v) is 25.3. The molecule has 42 heavy (non-hydrogen) atoms. The number of rotatable bonds is 14. The van der Waals surface area contributed by atoms with Crippen molar-refractivity contribution in [1.29, 1.82) is 0 Å². The van der Waals surface area contributed by atoms with E-state index in [0.717, 1.165) is 23.0 Å². The number of hydrogen-bond donors (Lipinski definition) is 2. The summed E-state index contributed by atoms with van der Waals surface area (Å²) in [6.45, 7) is 1.74. The molecule has 2 atom stereocenters. The van der Waals surface area contributed by atoms with Gasteiger partial charge in [-0.15, -0.1) is 0 Å². The van der Waals surface area contributed by atoms with Crippen LogP contribution in [0.15, 0.2) is 87.4 Å². The van der Waals surface area contributed by atoms with E-state index in [1.54, 1.807) is 30.3 Å². The van der Waals surface area contributed by atoms with Gasteiger partial charge in [0.25, 0.3) is 5.91 Å². The van der Waals surface area contributed by atoms with Crippen molar-refractivity contribution in [3.05, 3.63) is 104 Å². The minimum absolute atomic E-state index is 0.0547. The number of halogens is 1. The van der Waals surface area contributed by atoms with Crippen LogP contribution in [0.4, 0.5) is 5.69 Å². The van der Waals surface area contributed by atoms with Gasteiger partial charge in [-0.2, -0.15) is 0 Å². The molecule has 10 nitrogen and oxygen atoms in total. The number of hydrogen-bond acceptors (Lipinski definition) is 7. The standard InChI is InChI=1S/C31H35BrN6O4/c1-38(2)18-5-17-34-30(40)31(21-22-9-13-24(32)14-10-22)28(26-7-3-4-8-27(26)36-37-33)42-29(35-31)23-11-15-25(16-12-23)41-20-6-19-39/h3-4,7-16,28,39H,5-6,17-21H2,1-2H3,(H,34,40)/t28-,31-/m1/s1. The normalized spacial score (nSPS) is 17.7. The van der Waals surface area contributed by atoms with Gasteiger partial charge in [-0.25, -0.2) is 4.99 Å². The molecule has 0 unspecified atom stereocenters. The predicted octanol–water partition coefficient (Wildman–Crippen LogP) is 5.72. The van der Waals surface area contributed by atoms with Crippen LogP contribution in [0, 0.1) is 0 Å². The number of aliphatic imine (C=N–C) groups is 1. The molecule has 1 heterocycles. The lowest BCUT2D eigenvalue weighted by molar-refractivity contribution is -0.128. The molecule has 0 bridgehead atoms. The lowest BCUT2D eigenvalue weighted by Gasteiger charge is -2.31. The van der Waals surface area contributed by atoms with E-state index >= 15 is 0 Å². The predicted molar refractivity (Wildman–Crippen MR) is 166 cm³/mol. The molecule has 0 saturated heterocycles. The highest BCUT2D eigenvalue weighted by molar-refractivity contribution is 9.10.